The van der Waals surface area contributed by atoms with Crippen molar-refractivity contribution in [2.75, 3.05) is 27.7 Å². The number of hydrogen-bond donors (Lipinski definition) is 1. The molecule has 5 nitrogen and oxygen atoms in total. The standard InChI is InChI=1S/C12H20N2O3S/c1-5-13-9-10-6-7-11(17-4)12(8-10)18(15,16)14(2)3/h6-8,13H,5,9H2,1-4H3. The molecule has 0 aliphatic carbocycles. The molecule has 1 aromatic carbocycles. The molecule has 0 bridgehead atoms. The zero-order chi connectivity index (χ0) is 13.8. The Bertz CT molecular complexity index is 498. The molecule has 102 valence electrons. The summed E-state index contributed by atoms with van der Waals surface area (Å²) in [5, 5.41) is 3.16. The Kier molecular flexibility index (Phi) is 5.13. The molecule has 0 spiro atoms. The van der Waals surface area contributed by atoms with Gasteiger partial charge in [0, 0.05) is 20.6 Å². The average molecular weight is 272 g/mol. The Hall–Kier alpha value is -1.11. The van der Waals surface area contributed by atoms with Crippen molar-refractivity contribution >= 4 is 10.0 Å². The van der Waals surface area contributed by atoms with Gasteiger partial charge in [-0.3, -0.25) is 0 Å². The van der Waals surface area contributed by atoms with Crippen LogP contribution in [0.4, 0.5) is 0 Å². The summed E-state index contributed by atoms with van der Waals surface area (Å²) in [7, 11) is 0.991. The number of methoxy groups -OCH3 is 1. The number of rotatable bonds is 6. The van der Waals surface area contributed by atoms with E-state index in [9.17, 15) is 8.42 Å². The second kappa shape index (κ2) is 6.17. The topological polar surface area (TPSA) is 58.6 Å². The zero-order valence-corrected chi connectivity index (χ0v) is 12.0. The van der Waals surface area contributed by atoms with Crippen LogP contribution in [0, 0.1) is 0 Å². The summed E-state index contributed by atoms with van der Waals surface area (Å²) in [6.07, 6.45) is 0. The maximum absolute atomic E-state index is 12.2. The first-order valence-electron chi connectivity index (χ1n) is 5.73. The van der Waals surface area contributed by atoms with E-state index in [4.69, 9.17) is 4.74 Å². The molecule has 0 radical (unpaired) electrons. The zero-order valence-electron chi connectivity index (χ0n) is 11.2. The van der Waals surface area contributed by atoms with Gasteiger partial charge >= 0.3 is 0 Å². The van der Waals surface area contributed by atoms with Crippen LogP contribution < -0.4 is 10.1 Å². The highest BCUT2D eigenvalue weighted by molar-refractivity contribution is 7.89. The van der Waals surface area contributed by atoms with Gasteiger partial charge in [-0.15, -0.1) is 0 Å². The van der Waals surface area contributed by atoms with Crippen LogP contribution in [0.25, 0.3) is 0 Å². The SMILES string of the molecule is CCNCc1ccc(OC)c(S(=O)(=O)N(C)C)c1. The molecule has 0 saturated heterocycles. The maximum atomic E-state index is 12.2. The molecule has 0 aliphatic rings. The summed E-state index contributed by atoms with van der Waals surface area (Å²) >= 11 is 0. The minimum absolute atomic E-state index is 0.199. The smallest absolute Gasteiger partial charge is 0.246 e. The highest BCUT2D eigenvalue weighted by Crippen LogP contribution is 2.26. The summed E-state index contributed by atoms with van der Waals surface area (Å²) in [4.78, 5) is 0.199. The molecule has 0 amide bonds. The second-order valence-electron chi connectivity index (χ2n) is 4.05. The summed E-state index contributed by atoms with van der Waals surface area (Å²) in [6, 6.07) is 5.19. The molecular formula is C12H20N2O3S. The summed E-state index contributed by atoms with van der Waals surface area (Å²) in [5.74, 6) is 0.365. The van der Waals surface area contributed by atoms with Crippen LogP contribution in [0.1, 0.15) is 12.5 Å². The largest absolute Gasteiger partial charge is 0.495 e. The number of nitrogens with one attached hydrogen (secondary N) is 1. The third kappa shape index (κ3) is 3.22. The van der Waals surface area contributed by atoms with Gasteiger partial charge in [0.25, 0.3) is 0 Å². The summed E-state index contributed by atoms with van der Waals surface area (Å²) < 4.78 is 30.6. The van der Waals surface area contributed by atoms with Crippen LogP contribution in [0.2, 0.25) is 0 Å². The highest BCUT2D eigenvalue weighted by Gasteiger charge is 2.22. The van der Waals surface area contributed by atoms with Gasteiger partial charge in [-0.2, -0.15) is 0 Å². The minimum atomic E-state index is -3.49. The Morgan fingerprint density at radius 1 is 1.33 bits per heavy atom. The van der Waals surface area contributed by atoms with E-state index in [1.54, 1.807) is 12.1 Å². The third-order valence-corrected chi connectivity index (χ3v) is 4.40. The molecule has 0 heterocycles. The molecule has 1 rings (SSSR count). The molecule has 0 aromatic heterocycles. The Morgan fingerprint density at radius 3 is 2.50 bits per heavy atom. The van der Waals surface area contributed by atoms with Gasteiger partial charge in [-0.25, -0.2) is 12.7 Å². The van der Waals surface area contributed by atoms with Crippen molar-refractivity contribution in [1.29, 1.82) is 0 Å². The van der Waals surface area contributed by atoms with E-state index >= 15 is 0 Å². The van der Waals surface area contributed by atoms with Crippen LogP contribution in [0.3, 0.4) is 0 Å². The fourth-order valence-corrected chi connectivity index (χ4v) is 2.60. The molecule has 1 aromatic rings. The third-order valence-electron chi connectivity index (χ3n) is 2.57. The van der Waals surface area contributed by atoms with Crippen LogP contribution in [-0.4, -0.2) is 40.5 Å². The van der Waals surface area contributed by atoms with Gasteiger partial charge in [0.1, 0.15) is 10.6 Å². The predicted octanol–water partition coefficient (Wildman–Crippen LogP) is 1.05. The normalized spacial score (nSPS) is 11.8. The Morgan fingerprint density at radius 2 is 2.00 bits per heavy atom. The number of sulfonamides is 1. The molecule has 18 heavy (non-hydrogen) atoms. The van der Waals surface area contributed by atoms with E-state index in [-0.39, 0.29) is 4.90 Å². The number of hydrogen-bond acceptors (Lipinski definition) is 4. The van der Waals surface area contributed by atoms with E-state index < -0.39 is 10.0 Å². The van der Waals surface area contributed by atoms with Crippen molar-refractivity contribution < 1.29 is 13.2 Å². The monoisotopic (exact) mass is 272 g/mol. The van der Waals surface area contributed by atoms with Crippen LogP contribution >= 0.6 is 0 Å². The van der Waals surface area contributed by atoms with Gasteiger partial charge in [0.2, 0.25) is 10.0 Å². The number of benzene rings is 1. The van der Waals surface area contributed by atoms with Crippen molar-refractivity contribution in [3.8, 4) is 5.75 Å². The van der Waals surface area contributed by atoms with Crippen LogP contribution in [0.5, 0.6) is 5.75 Å². The van der Waals surface area contributed by atoms with Gasteiger partial charge in [-0.1, -0.05) is 13.0 Å². The van der Waals surface area contributed by atoms with Crippen molar-refractivity contribution in [3.63, 3.8) is 0 Å². The van der Waals surface area contributed by atoms with Gasteiger partial charge in [0.05, 0.1) is 7.11 Å². The first-order valence-corrected chi connectivity index (χ1v) is 7.17. The van der Waals surface area contributed by atoms with Gasteiger partial charge < -0.3 is 10.1 Å². The molecule has 0 aliphatic heterocycles. The van der Waals surface area contributed by atoms with Crippen LogP contribution in [-0.2, 0) is 16.6 Å². The van der Waals surface area contributed by atoms with E-state index in [0.29, 0.717) is 12.3 Å². The summed E-state index contributed by atoms with van der Waals surface area (Å²) in [5.41, 5.74) is 0.915. The second-order valence-corrected chi connectivity index (χ2v) is 6.17. The molecule has 0 unspecified atom stereocenters. The van der Waals surface area contributed by atoms with E-state index in [1.807, 2.05) is 13.0 Å². The number of nitrogens with zero attached hydrogens (tertiary/aromatic N) is 1. The highest BCUT2D eigenvalue weighted by atomic mass is 32.2. The fraction of sp³-hybridized carbons (Fsp3) is 0.500. The Labute approximate surface area is 109 Å². The molecular weight excluding hydrogens is 252 g/mol. The summed E-state index contributed by atoms with van der Waals surface area (Å²) in [6.45, 7) is 3.47. The first-order chi connectivity index (χ1) is 8.43. The lowest BCUT2D eigenvalue weighted by Gasteiger charge is -2.15. The molecule has 6 heteroatoms. The van der Waals surface area contributed by atoms with Crippen molar-refractivity contribution in [2.45, 2.75) is 18.4 Å². The Balaban J connectivity index is 3.22. The van der Waals surface area contributed by atoms with Crippen molar-refractivity contribution in [1.82, 2.24) is 9.62 Å². The average Bonchev–Trinajstić information content (AvgIpc) is 2.35. The van der Waals surface area contributed by atoms with Crippen molar-refractivity contribution in [2.24, 2.45) is 0 Å². The molecule has 0 fully saturated rings. The van der Waals surface area contributed by atoms with E-state index in [0.717, 1.165) is 12.1 Å². The van der Waals surface area contributed by atoms with Crippen LogP contribution in [0.15, 0.2) is 23.1 Å². The van der Waals surface area contributed by atoms with Gasteiger partial charge in [-0.05, 0) is 24.2 Å². The lowest BCUT2D eigenvalue weighted by molar-refractivity contribution is 0.400. The minimum Gasteiger partial charge on any atom is -0.495 e. The lowest BCUT2D eigenvalue weighted by atomic mass is 10.2. The lowest BCUT2D eigenvalue weighted by Crippen LogP contribution is -2.23. The number of ether oxygens (including phenoxy) is 1. The maximum Gasteiger partial charge on any atom is 0.246 e. The van der Waals surface area contributed by atoms with Crippen molar-refractivity contribution in [3.05, 3.63) is 23.8 Å². The first kappa shape index (κ1) is 14.9. The molecule has 0 atom stereocenters. The molecule has 1 N–H and O–H groups in total. The van der Waals surface area contributed by atoms with E-state index in [1.165, 1.54) is 25.5 Å². The van der Waals surface area contributed by atoms with E-state index in [2.05, 4.69) is 5.32 Å². The predicted molar refractivity (Wildman–Crippen MR) is 71.2 cm³/mol. The fourth-order valence-electron chi connectivity index (χ4n) is 1.50. The van der Waals surface area contributed by atoms with Gasteiger partial charge in [0.15, 0.2) is 0 Å². The quantitative estimate of drug-likeness (QED) is 0.841. The molecule has 0 saturated carbocycles.